The predicted octanol–water partition coefficient (Wildman–Crippen LogP) is 6.49. The lowest BCUT2D eigenvalue weighted by Gasteiger charge is -2.20. The quantitative estimate of drug-likeness (QED) is 0.168. The Hall–Kier alpha value is -4.67. The van der Waals surface area contributed by atoms with E-state index in [1.807, 2.05) is 30.3 Å². The lowest BCUT2D eigenvalue weighted by molar-refractivity contribution is -0.121. The van der Waals surface area contributed by atoms with E-state index in [9.17, 15) is 14.4 Å². The van der Waals surface area contributed by atoms with Crippen LogP contribution < -0.4 is 5.56 Å². The van der Waals surface area contributed by atoms with Crippen molar-refractivity contribution in [1.29, 1.82) is 0 Å². The van der Waals surface area contributed by atoms with Crippen molar-refractivity contribution in [1.82, 2.24) is 24.5 Å². The second-order valence-electron chi connectivity index (χ2n) is 11.3. The lowest BCUT2D eigenvalue weighted by atomic mass is 9.97. The van der Waals surface area contributed by atoms with E-state index in [0.29, 0.717) is 11.1 Å². The number of halogens is 3. The van der Waals surface area contributed by atoms with E-state index < -0.39 is 29.0 Å². The Labute approximate surface area is 268 Å². The number of aromatic nitrogens is 5. The zero-order chi connectivity index (χ0) is 32.3. The molecule has 0 bridgehead atoms. The Morgan fingerprint density at radius 2 is 1.69 bits per heavy atom. The normalized spacial score (nSPS) is 12.1. The molecule has 0 aliphatic carbocycles. The number of carbonyl (C=O) groups excluding carboxylic acids is 2. The molecule has 0 amide bonds. The Balaban J connectivity index is 1.48. The van der Waals surface area contributed by atoms with Gasteiger partial charge in [0.1, 0.15) is 11.6 Å². The zero-order valence-electron chi connectivity index (χ0n) is 24.6. The van der Waals surface area contributed by atoms with Crippen LogP contribution in [0.2, 0.25) is 10.2 Å². The summed E-state index contributed by atoms with van der Waals surface area (Å²) in [4.78, 5) is 44.2. The molecular weight excluding hydrogens is 620 g/mol. The summed E-state index contributed by atoms with van der Waals surface area (Å²) in [6.07, 6.45) is 2.81. The number of esters is 1. The van der Waals surface area contributed by atoms with Crippen molar-refractivity contribution in [2.75, 3.05) is 0 Å². The number of ketones is 1. The molecule has 0 fully saturated rings. The van der Waals surface area contributed by atoms with Gasteiger partial charge in [0.15, 0.2) is 16.8 Å². The zero-order valence-corrected chi connectivity index (χ0v) is 26.1. The number of nitrogens with zero attached hydrogens (tertiary/aromatic N) is 5. The molecule has 1 atom stereocenters. The Morgan fingerprint density at radius 3 is 2.31 bits per heavy atom. The van der Waals surface area contributed by atoms with Crippen LogP contribution in [0.3, 0.4) is 0 Å². The van der Waals surface area contributed by atoms with Crippen molar-refractivity contribution < 1.29 is 18.7 Å². The molecule has 0 radical (unpaired) electrons. The fourth-order valence-corrected chi connectivity index (χ4v) is 5.02. The third-order valence-electron chi connectivity index (χ3n) is 6.82. The molecule has 5 rings (SSSR count). The van der Waals surface area contributed by atoms with Gasteiger partial charge < -0.3 is 4.74 Å². The topological polar surface area (TPSA) is 109 Å². The second-order valence-corrected chi connectivity index (χ2v) is 12.1. The molecule has 3 aromatic carbocycles. The van der Waals surface area contributed by atoms with Crippen molar-refractivity contribution in [3.05, 3.63) is 128 Å². The summed E-state index contributed by atoms with van der Waals surface area (Å²) in [5, 5.41) is 7.53. The minimum atomic E-state index is -0.926. The largest absolute Gasteiger partial charge is 0.456 e. The van der Waals surface area contributed by atoms with Crippen molar-refractivity contribution in [3.63, 3.8) is 0 Å². The van der Waals surface area contributed by atoms with Gasteiger partial charge in [-0.05, 0) is 56.2 Å². The summed E-state index contributed by atoms with van der Waals surface area (Å²) in [5.41, 5.74) is 0.754. The van der Waals surface area contributed by atoms with Gasteiger partial charge in [-0.2, -0.15) is 0 Å². The molecule has 12 heteroatoms. The van der Waals surface area contributed by atoms with Crippen molar-refractivity contribution in [2.45, 2.75) is 45.3 Å². The molecule has 0 aliphatic rings. The number of hydrogen-bond acceptors (Lipinski definition) is 7. The van der Waals surface area contributed by atoms with Gasteiger partial charge in [0, 0.05) is 18.9 Å². The number of carbonyl (C=O) groups is 2. The second kappa shape index (κ2) is 13.1. The molecule has 0 aliphatic heterocycles. The first-order valence-electron chi connectivity index (χ1n) is 13.9. The van der Waals surface area contributed by atoms with Gasteiger partial charge in [-0.25, -0.2) is 18.9 Å². The van der Waals surface area contributed by atoms with E-state index in [-0.39, 0.29) is 45.7 Å². The molecule has 2 heterocycles. The minimum absolute atomic E-state index is 0.0125. The maximum atomic E-state index is 15.4. The molecule has 0 saturated heterocycles. The van der Waals surface area contributed by atoms with Crippen molar-refractivity contribution in [3.8, 4) is 16.9 Å². The number of Topliss-reactive ketones (excluding diaryl/α,β-unsaturated/α-hetero) is 1. The molecule has 230 valence electrons. The molecule has 0 unspecified atom stereocenters. The molecule has 9 nitrogen and oxygen atoms in total. The smallest absolute Gasteiger partial charge is 0.338 e. The van der Waals surface area contributed by atoms with E-state index in [1.54, 1.807) is 45.0 Å². The van der Waals surface area contributed by atoms with Gasteiger partial charge in [-0.3, -0.25) is 14.2 Å². The Kier molecular flexibility index (Phi) is 9.27. The standard InChI is InChI=1S/C33H28Cl2FN5O4/c1-33(2,3)45-32(44)22-11-9-21(10-12-22)16-27(42)26(15-20-7-5-4-6-8-20)40-19-37-24(17-29(40)43)30-25(14-13-23(34)31(30)36)41-18-28(35)38-39-41/h4-14,17-19,26H,15-16H2,1-3H3/t26-/m0/s1. The maximum Gasteiger partial charge on any atom is 0.338 e. The highest BCUT2D eigenvalue weighted by Gasteiger charge is 2.25. The molecular formula is C33H28Cl2FN5O4. The van der Waals surface area contributed by atoms with Gasteiger partial charge in [-0.15, -0.1) is 5.10 Å². The maximum absolute atomic E-state index is 15.4. The van der Waals surface area contributed by atoms with Crippen LogP contribution >= 0.6 is 23.2 Å². The summed E-state index contributed by atoms with van der Waals surface area (Å²) in [7, 11) is 0. The fourth-order valence-electron chi connectivity index (χ4n) is 4.74. The average Bonchev–Trinajstić information content (AvgIpc) is 3.43. The fraction of sp³-hybridized carbons (Fsp3) is 0.212. The van der Waals surface area contributed by atoms with E-state index in [0.717, 1.165) is 11.6 Å². The summed E-state index contributed by atoms with van der Waals surface area (Å²) in [5.74, 6) is -1.53. The summed E-state index contributed by atoms with van der Waals surface area (Å²) < 4.78 is 23.3. The lowest BCUT2D eigenvalue weighted by Crippen LogP contribution is -2.32. The summed E-state index contributed by atoms with van der Waals surface area (Å²) in [6.45, 7) is 5.35. The first-order valence-corrected chi connectivity index (χ1v) is 14.7. The van der Waals surface area contributed by atoms with Crippen LogP contribution in [0.4, 0.5) is 4.39 Å². The molecule has 0 spiro atoms. The highest BCUT2D eigenvalue weighted by molar-refractivity contribution is 6.31. The number of rotatable bonds is 9. The average molecular weight is 649 g/mol. The monoisotopic (exact) mass is 647 g/mol. The SMILES string of the molecule is CC(C)(C)OC(=O)c1ccc(CC(=O)[C@H](Cc2ccccc2)n2cnc(-c3c(-n4cc(Cl)nn4)ccc(Cl)c3F)cc2=O)cc1. The van der Waals surface area contributed by atoms with Crippen LogP contribution in [0.5, 0.6) is 0 Å². The van der Waals surface area contributed by atoms with Crippen LogP contribution in [0.15, 0.2) is 90.1 Å². The highest BCUT2D eigenvalue weighted by Crippen LogP contribution is 2.32. The van der Waals surface area contributed by atoms with E-state index in [1.165, 1.54) is 33.9 Å². The van der Waals surface area contributed by atoms with E-state index in [4.69, 9.17) is 27.9 Å². The molecule has 0 N–H and O–H groups in total. The molecule has 45 heavy (non-hydrogen) atoms. The number of hydrogen-bond donors (Lipinski definition) is 0. The van der Waals surface area contributed by atoms with Crippen LogP contribution in [-0.4, -0.2) is 41.9 Å². The van der Waals surface area contributed by atoms with Crippen LogP contribution in [0, 0.1) is 5.82 Å². The van der Waals surface area contributed by atoms with Crippen LogP contribution in [0.25, 0.3) is 16.9 Å². The van der Waals surface area contributed by atoms with Gasteiger partial charge in [0.25, 0.3) is 5.56 Å². The summed E-state index contributed by atoms with van der Waals surface area (Å²) >= 11 is 12.0. The van der Waals surface area contributed by atoms with Gasteiger partial charge >= 0.3 is 5.97 Å². The highest BCUT2D eigenvalue weighted by atomic mass is 35.5. The summed E-state index contributed by atoms with van der Waals surface area (Å²) in [6, 6.07) is 18.9. The van der Waals surface area contributed by atoms with Crippen LogP contribution in [0.1, 0.15) is 48.3 Å². The predicted molar refractivity (Wildman–Crippen MR) is 168 cm³/mol. The minimum Gasteiger partial charge on any atom is -0.456 e. The van der Waals surface area contributed by atoms with Gasteiger partial charge in [0.2, 0.25) is 0 Å². The Bertz CT molecular complexity index is 1920. The first kappa shape index (κ1) is 31.7. The number of benzene rings is 3. The molecule has 5 aromatic rings. The van der Waals surface area contributed by atoms with Gasteiger partial charge in [0.05, 0.1) is 40.1 Å². The third-order valence-corrected chi connectivity index (χ3v) is 7.29. The van der Waals surface area contributed by atoms with E-state index in [2.05, 4.69) is 15.3 Å². The first-order chi connectivity index (χ1) is 21.4. The third kappa shape index (κ3) is 7.53. The van der Waals surface area contributed by atoms with Gasteiger partial charge in [-0.1, -0.05) is 70.9 Å². The van der Waals surface area contributed by atoms with Crippen LogP contribution in [-0.2, 0) is 22.4 Å². The van der Waals surface area contributed by atoms with Crippen molar-refractivity contribution in [2.24, 2.45) is 0 Å². The molecule has 2 aromatic heterocycles. The van der Waals surface area contributed by atoms with Crippen molar-refractivity contribution >= 4 is 35.0 Å². The van der Waals surface area contributed by atoms with E-state index >= 15 is 4.39 Å². The Morgan fingerprint density at radius 1 is 0.978 bits per heavy atom. The number of ether oxygens (including phenoxy) is 1. The molecule has 0 saturated carbocycles.